The van der Waals surface area contributed by atoms with Crippen LogP contribution in [0.3, 0.4) is 0 Å². The SMILES string of the molecule is CS(=O)(=O)c1ccc2ncnc(N[C@H](CO)c3ccccc3)c2c1. The number of aliphatic hydroxyl groups excluding tert-OH is 1. The van der Waals surface area contributed by atoms with Gasteiger partial charge in [-0.15, -0.1) is 0 Å². The van der Waals surface area contributed by atoms with Crippen LogP contribution >= 0.6 is 0 Å². The predicted molar refractivity (Wildman–Crippen MR) is 92.5 cm³/mol. The van der Waals surface area contributed by atoms with Gasteiger partial charge >= 0.3 is 0 Å². The van der Waals surface area contributed by atoms with E-state index < -0.39 is 9.84 Å². The average molecular weight is 343 g/mol. The molecule has 0 bridgehead atoms. The molecule has 0 unspecified atom stereocenters. The second-order valence-electron chi connectivity index (χ2n) is 5.46. The first-order valence-corrected chi connectivity index (χ1v) is 9.25. The molecule has 0 aliphatic heterocycles. The maximum absolute atomic E-state index is 11.8. The van der Waals surface area contributed by atoms with E-state index >= 15 is 0 Å². The first-order chi connectivity index (χ1) is 11.5. The van der Waals surface area contributed by atoms with Crippen molar-refractivity contribution in [3.8, 4) is 0 Å². The summed E-state index contributed by atoms with van der Waals surface area (Å²) >= 11 is 0. The highest BCUT2D eigenvalue weighted by Crippen LogP contribution is 2.26. The molecule has 1 aromatic heterocycles. The van der Waals surface area contributed by atoms with Crippen molar-refractivity contribution in [3.63, 3.8) is 0 Å². The number of hydrogen-bond acceptors (Lipinski definition) is 6. The summed E-state index contributed by atoms with van der Waals surface area (Å²) in [4.78, 5) is 8.58. The Morgan fingerprint density at radius 2 is 1.88 bits per heavy atom. The molecule has 124 valence electrons. The van der Waals surface area contributed by atoms with E-state index in [0.717, 1.165) is 11.8 Å². The molecule has 2 aromatic carbocycles. The van der Waals surface area contributed by atoms with Crippen molar-refractivity contribution in [1.29, 1.82) is 0 Å². The molecular formula is C17H17N3O3S. The van der Waals surface area contributed by atoms with Crippen molar-refractivity contribution in [2.45, 2.75) is 10.9 Å². The molecule has 0 amide bonds. The number of rotatable bonds is 5. The first-order valence-electron chi connectivity index (χ1n) is 7.36. The molecule has 6 nitrogen and oxygen atoms in total. The van der Waals surface area contributed by atoms with E-state index in [2.05, 4.69) is 15.3 Å². The zero-order valence-electron chi connectivity index (χ0n) is 13.0. The third-order valence-electron chi connectivity index (χ3n) is 3.73. The van der Waals surface area contributed by atoms with Crippen LogP contribution in [0.1, 0.15) is 11.6 Å². The van der Waals surface area contributed by atoms with E-state index in [1.165, 1.54) is 12.4 Å². The molecular weight excluding hydrogens is 326 g/mol. The number of sulfone groups is 1. The molecule has 0 saturated carbocycles. The highest BCUT2D eigenvalue weighted by Gasteiger charge is 2.15. The fourth-order valence-electron chi connectivity index (χ4n) is 2.47. The smallest absolute Gasteiger partial charge is 0.175 e. The standard InChI is InChI=1S/C17H17N3O3S/c1-24(22,23)13-7-8-15-14(9-13)17(19-11-18-15)20-16(10-21)12-5-3-2-4-6-12/h2-9,11,16,21H,10H2,1H3,(H,18,19,20)/t16-/m1/s1. The molecule has 1 heterocycles. The summed E-state index contributed by atoms with van der Waals surface area (Å²) in [6, 6.07) is 13.8. The highest BCUT2D eigenvalue weighted by atomic mass is 32.2. The molecule has 24 heavy (non-hydrogen) atoms. The van der Waals surface area contributed by atoms with Gasteiger partial charge in [0.05, 0.1) is 23.1 Å². The molecule has 7 heteroatoms. The van der Waals surface area contributed by atoms with Crippen molar-refractivity contribution in [1.82, 2.24) is 9.97 Å². The maximum Gasteiger partial charge on any atom is 0.175 e. The number of benzene rings is 2. The lowest BCUT2D eigenvalue weighted by Crippen LogP contribution is -2.16. The van der Waals surface area contributed by atoms with Crippen molar-refractivity contribution < 1.29 is 13.5 Å². The van der Waals surface area contributed by atoms with Crippen LogP contribution in [0.25, 0.3) is 10.9 Å². The van der Waals surface area contributed by atoms with Gasteiger partial charge in [-0.05, 0) is 23.8 Å². The van der Waals surface area contributed by atoms with Gasteiger partial charge in [-0.3, -0.25) is 0 Å². The van der Waals surface area contributed by atoms with E-state index in [1.807, 2.05) is 30.3 Å². The molecule has 0 aliphatic rings. The Kier molecular flexibility index (Phi) is 4.46. The second-order valence-corrected chi connectivity index (χ2v) is 7.48. The Morgan fingerprint density at radius 1 is 1.12 bits per heavy atom. The molecule has 0 fully saturated rings. The summed E-state index contributed by atoms with van der Waals surface area (Å²) in [7, 11) is -3.33. The minimum Gasteiger partial charge on any atom is -0.394 e. The average Bonchev–Trinajstić information content (AvgIpc) is 2.59. The van der Waals surface area contributed by atoms with Crippen molar-refractivity contribution >= 4 is 26.6 Å². The summed E-state index contributed by atoms with van der Waals surface area (Å²) in [5.74, 6) is 0.480. The van der Waals surface area contributed by atoms with Gasteiger partial charge in [0, 0.05) is 11.6 Å². The van der Waals surface area contributed by atoms with Gasteiger partial charge in [0.2, 0.25) is 0 Å². The summed E-state index contributed by atoms with van der Waals surface area (Å²) in [5, 5.41) is 13.5. The number of anilines is 1. The van der Waals surface area contributed by atoms with Crippen molar-refractivity contribution in [2.24, 2.45) is 0 Å². The topological polar surface area (TPSA) is 92.2 Å². The zero-order chi connectivity index (χ0) is 17.2. The molecule has 3 rings (SSSR count). The van der Waals surface area contributed by atoms with Crippen molar-refractivity contribution in [2.75, 3.05) is 18.2 Å². The van der Waals surface area contributed by atoms with E-state index in [9.17, 15) is 13.5 Å². The lowest BCUT2D eigenvalue weighted by Gasteiger charge is -2.18. The van der Waals surface area contributed by atoms with Crippen LogP contribution in [0.5, 0.6) is 0 Å². The lowest BCUT2D eigenvalue weighted by molar-refractivity contribution is 0.276. The Balaban J connectivity index is 2.05. The maximum atomic E-state index is 11.8. The lowest BCUT2D eigenvalue weighted by atomic mass is 10.1. The van der Waals surface area contributed by atoms with E-state index in [1.54, 1.807) is 12.1 Å². The molecule has 0 saturated heterocycles. The Hall–Kier alpha value is -2.51. The molecule has 1 atom stereocenters. The van der Waals surface area contributed by atoms with Crippen LogP contribution in [0.15, 0.2) is 59.8 Å². The fraction of sp³-hybridized carbons (Fsp3) is 0.176. The summed E-state index contributed by atoms with van der Waals surface area (Å²) in [5.41, 5.74) is 1.54. The third-order valence-corrected chi connectivity index (χ3v) is 4.84. The van der Waals surface area contributed by atoms with Crippen molar-refractivity contribution in [3.05, 3.63) is 60.4 Å². The van der Waals surface area contributed by atoms with Gasteiger partial charge in [-0.25, -0.2) is 18.4 Å². The minimum atomic E-state index is -3.33. The normalized spacial score (nSPS) is 12.9. The number of aromatic nitrogens is 2. The van der Waals surface area contributed by atoms with Crippen LogP contribution in [-0.2, 0) is 9.84 Å². The molecule has 0 radical (unpaired) electrons. The van der Waals surface area contributed by atoms with E-state index in [4.69, 9.17) is 0 Å². The second kappa shape index (κ2) is 6.54. The van der Waals surface area contributed by atoms with Gasteiger partial charge in [0.25, 0.3) is 0 Å². The Labute approximate surface area is 140 Å². The van der Waals surface area contributed by atoms with E-state index in [-0.39, 0.29) is 17.5 Å². The number of hydrogen-bond donors (Lipinski definition) is 2. The van der Waals surface area contributed by atoms with E-state index in [0.29, 0.717) is 16.7 Å². The minimum absolute atomic E-state index is 0.124. The summed E-state index contributed by atoms with van der Waals surface area (Å²) in [6.45, 7) is -0.124. The summed E-state index contributed by atoms with van der Waals surface area (Å²) < 4.78 is 23.6. The molecule has 0 spiro atoms. The quantitative estimate of drug-likeness (QED) is 0.738. The van der Waals surface area contributed by atoms with Gasteiger partial charge < -0.3 is 10.4 Å². The largest absolute Gasteiger partial charge is 0.394 e. The van der Waals surface area contributed by atoms with Gasteiger partial charge in [-0.2, -0.15) is 0 Å². The number of aliphatic hydroxyl groups is 1. The highest BCUT2D eigenvalue weighted by molar-refractivity contribution is 7.90. The molecule has 0 aliphatic carbocycles. The number of nitrogens with one attached hydrogen (secondary N) is 1. The van der Waals surface area contributed by atoms with Crippen LogP contribution in [0.4, 0.5) is 5.82 Å². The third kappa shape index (κ3) is 3.37. The van der Waals surface area contributed by atoms with Gasteiger partial charge in [0.1, 0.15) is 12.1 Å². The Bertz CT molecular complexity index is 959. The van der Waals surface area contributed by atoms with Gasteiger partial charge in [0.15, 0.2) is 9.84 Å². The molecule has 3 aromatic rings. The molecule has 2 N–H and O–H groups in total. The zero-order valence-corrected chi connectivity index (χ0v) is 13.9. The van der Waals surface area contributed by atoms with Gasteiger partial charge in [-0.1, -0.05) is 30.3 Å². The Morgan fingerprint density at radius 3 is 2.54 bits per heavy atom. The van der Waals surface area contributed by atoms with Crippen LogP contribution in [0, 0.1) is 0 Å². The number of fused-ring (bicyclic) bond motifs is 1. The van der Waals surface area contributed by atoms with Crippen LogP contribution in [-0.4, -0.2) is 36.4 Å². The van der Waals surface area contributed by atoms with Crippen LogP contribution < -0.4 is 5.32 Å². The van der Waals surface area contributed by atoms with Crippen LogP contribution in [0.2, 0.25) is 0 Å². The summed E-state index contributed by atoms with van der Waals surface area (Å²) in [6.07, 6.45) is 2.57. The fourth-order valence-corrected chi connectivity index (χ4v) is 3.11. The monoisotopic (exact) mass is 343 g/mol. The number of nitrogens with zero attached hydrogens (tertiary/aromatic N) is 2. The predicted octanol–water partition coefficient (Wildman–Crippen LogP) is 2.18. The first kappa shape index (κ1) is 16.4.